The maximum atomic E-state index is 6.20. The van der Waals surface area contributed by atoms with E-state index >= 15 is 0 Å². The van der Waals surface area contributed by atoms with Crippen molar-refractivity contribution in [1.82, 2.24) is 4.98 Å². The van der Waals surface area contributed by atoms with Crippen LogP contribution in [0.3, 0.4) is 0 Å². The van der Waals surface area contributed by atoms with Gasteiger partial charge in [-0.2, -0.15) is 0 Å². The Morgan fingerprint density at radius 1 is 0.600 bits per heavy atom. The van der Waals surface area contributed by atoms with E-state index in [2.05, 4.69) is 48.5 Å². The number of hydrogen-bond acceptors (Lipinski definition) is 5. The first kappa shape index (κ1) is 16.3. The van der Waals surface area contributed by atoms with Gasteiger partial charge in [-0.05, 0) is 34.4 Å². The Labute approximate surface area is 174 Å². The van der Waals surface area contributed by atoms with E-state index in [-0.39, 0.29) is 24.3 Å². The Morgan fingerprint density at radius 3 is 1.63 bits per heavy atom. The largest absolute Gasteiger partial charge is 0.470 e. The molecule has 2 unspecified atom stereocenters. The van der Waals surface area contributed by atoms with Crippen LogP contribution in [0.25, 0.3) is 0 Å². The third-order valence-electron chi connectivity index (χ3n) is 6.52. The smallest absolute Gasteiger partial charge is 0.236 e. The molecule has 2 aliphatic carbocycles. The van der Waals surface area contributed by atoms with Crippen molar-refractivity contribution in [3.05, 3.63) is 100 Å². The number of aliphatic imine (C=N–C) groups is 2. The molecule has 0 radical (unpaired) electrons. The predicted octanol–water partition coefficient (Wildman–Crippen LogP) is 3.97. The molecule has 0 amide bonds. The quantitative estimate of drug-likeness (QED) is 0.662. The molecule has 0 N–H and O–H groups in total. The molecule has 5 heteroatoms. The van der Waals surface area contributed by atoms with Crippen LogP contribution in [0.1, 0.15) is 45.7 Å². The zero-order chi connectivity index (χ0) is 19.7. The molecule has 3 heterocycles. The molecule has 146 valence electrons. The van der Waals surface area contributed by atoms with Crippen LogP contribution < -0.4 is 0 Å². The second-order valence-corrected chi connectivity index (χ2v) is 8.28. The second kappa shape index (κ2) is 6.02. The lowest BCUT2D eigenvalue weighted by Crippen LogP contribution is -2.17. The van der Waals surface area contributed by atoms with Gasteiger partial charge in [0, 0.05) is 12.8 Å². The molecule has 2 aliphatic heterocycles. The minimum atomic E-state index is 0.0672. The fourth-order valence-electron chi connectivity index (χ4n) is 5.12. The first-order chi connectivity index (χ1) is 14.8. The summed E-state index contributed by atoms with van der Waals surface area (Å²) < 4.78 is 12.4. The number of pyridine rings is 1. The third kappa shape index (κ3) is 2.32. The summed E-state index contributed by atoms with van der Waals surface area (Å²) in [6, 6.07) is 22.9. The van der Waals surface area contributed by atoms with Gasteiger partial charge in [-0.1, -0.05) is 54.6 Å². The molecule has 0 saturated carbocycles. The van der Waals surface area contributed by atoms with Gasteiger partial charge in [0.2, 0.25) is 11.8 Å². The molecule has 4 atom stereocenters. The van der Waals surface area contributed by atoms with Gasteiger partial charge in [0.25, 0.3) is 0 Å². The summed E-state index contributed by atoms with van der Waals surface area (Å²) in [6.07, 6.45) is 1.93. The fraction of sp³-hybridized carbons (Fsp3) is 0.240. The van der Waals surface area contributed by atoms with E-state index in [1.165, 1.54) is 22.3 Å². The molecule has 4 aliphatic rings. The van der Waals surface area contributed by atoms with Gasteiger partial charge in [-0.15, -0.1) is 0 Å². The molecular weight excluding hydrogens is 374 g/mol. The number of ether oxygens (including phenoxy) is 2. The van der Waals surface area contributed by atoms with E-state index in [4.69, 9.17) is 24.4 Å². The van der Waals surface area contributed by atoms with Crippen LogP contribution in [0, 0.1) is 0 Å². The molecule has 0 fully saturated rings. The minimum Gasteiger partial charge on any atom is -0.470 e. The monoisotopic (exact) mass is 393 g/mol. The van der Waals surface area contributed by atoms with Crippen LogP contribution in [-0.2, 0) is 22.3 Å². The van der Waals surface area contributed by atoms with Crippen molar-refractivity contribution in [1.29, 1.82) is 0 Å². The first-order valence-electron chi connectivity index (χ1n) is 10.5. The molecule has 2 aromatic carbocycles. The Kier molecular flexibility index (Phi) is 3.28. The molecule has 30 heavy (non-hydrogen) atoms. The van der Waals surface area contributed by atoms with E-state index in [0.717, 1.165) is 24.2 Å². The number of fused-ring (bicyclic) bond motifs is 6. The molecule has 5 nitrogen and oxygen atoms in total. The van der Waals surface area contributed by atoms with E-state index < -0.39 is 0 Å². The van der Waals surface area contributed by atoms with Crippen molar-refractivity contribution in [3.8, 4) is 0 Å². The molecule has 0 spiro atoms. The van der Waals surface area contributed by atoms with Crippen molar-refractivity contribution in [2.75, 3.05) is 0 Å². The van der Waals surface area contributed by atoms with Crippen molar-refractivity contribution in [3.63, 3.8) is 0 Å². The Hall–Kier alpha value is -3.47. The minimum absolute atomic E-state index is 0.0672. The van der Waals surface area contributed by atoms with Gasteiger partial charge in [-0.25, -0.2) is 15.0 Å². The zero-order valence-corrected chi connectivity index (χ0v) is 16.2. The lowest BCUT2D eigenvalue weighted by Gasteiger charge is -2.10. The maximum absolute atomic E-state index is 6.20. The predicted molar refractivity (Wildman–Crippen MR) is 113 cm³/mol. The van der Waals surface area contributed by atoms with E-state index in [1.807, 2.05) is 18.2 Å². The standard InChI is InChI=1S/C25H19N3O2/c1-3-8-16-14(6-1)12-20-22(16)27-24(29-20)18-10-5-11-19(26-18)25-28-23-17-9-4-2-7-15(17)13-21(23)30-25/h1-11,20-23H,12-13H2/t20-,21?,22+,23?/m1/s1. The van der Waals surface area contributed by atoms with Gasteiger partial charge in [0.15, 0.2) is 0 Å². The average molecular weight is 393 g/mol. The van der Waals surface area contributed by atoms with Gasteiger partial charge in [0.05, 0.1) is 0 Å². The van der Waals surface area contributed by atoms with Crippen molar-refractivity contribution in [2.45, 2.75) is 37.1 Å². The lowest BCUT2D eigenvalue weighted by atomic mass is 10.1. The fourth-order valence-corrected chi connectivity index (χ4v) is 5.12. The van der Waals surface area contributed by atoms with Gasteiger partial charge in [-0.3, -0.25) is 0 Å². The van der Waals surface area contributed by atoms with E-state index in [0.29, 0.717) is 11.8 Å². The molecule has 3 aromatic rings. The SMILES string of the molecule is c1cc(C2=NC3c4ccccc4CC3O2)nc(C2=N[C@H]3c4ccccc4C[C@H]3O2)c1. The van der Waals surface area contributed by atoms with Crippen LogP contribution in [0.4, 0.5) is 0 Å². The molecule has 0 bridgehead atoms. The summed E-state index contributed by atoms with van der Waals surface area (Å²) in [6.45, 7) is 0. The summed E-state index contributed by atoms with van der Waals surface area (Å²) in [5.41, 5.74) is 6.67. The van der Waals surface area contributed by atoms with Gasteiger partial charge >= 0.3 is 0 Å². The number of hydrogen-bond donors (Lipinski definition) is 0. The topological polar surface area (TPSA) is 56.1 Å². The normalized spacial score (nSPS) is 27.3. The number of rotatable bonds is 2. The highest BCUT2D eigenvalue weighted by Gasteiger charge is 2.41. The van der Waals surface area contributed by atoms with Crippen LogP contribution in [0.5, 0.6) is 0 Å². The number of benzene rings is 2. The molecule has 1 aromatic heterocycles. The van der Waals surface area contributed by atoms with E-state index in [1.54, 1.807) is 0 Å². The van der Waals surface area contributed by atoms with E-state index in [9.17, 15) is 0 Å². The molecule has 0 saturated heterocycles. The highest BCUT2D eigenvalue weighted by molar-refractivity contribution is 5.97. The molecule has 7 rings (SSSR count). The first-order valence-corrected chi connectivity index (χ1v) is 10.5. The van der Waals surface area contributed by atoms with Crippen LogP contribution in [0.2, 0.25) is 0 Å². The zero-order valence-electron chi connectivity index (χ0n) is 16.2. The number of aromatic nitrogens is 1. The lowest BCUT2D eigenvalue weighted by molar-refractivity contribution is 0.205. The summed E-state index contributed by atoms with van der Waals surface area (Å²) in [4.78, 5) is 14.5. The van der Waals surface area contributed by atoms with Crippen LogP contribution in [0.15, 0.2) is 76.7 Å². The Morgan fingerprint density at radius 2 is 1.10 bits per heavy atom. The van der Waals surface area contributed by atoms with Crippen molar-refractivity contribution in [2.24, 2.45) is 9.98 Å². The Bertz CT molecular complexity index is 1160. The Balaban J connectivity index is 1.20. The highest BCUT2D eigenvalue weighted by Crippen LogP contribution is 2.42. The van der Waals surface area contributed by atoms with Crippen LogP contribution >= 0.6 is 0 Å². The molecular formula is C25H19N3O2. The third-order valence-corrected chi connectivity index (χ3v) is 6.52. The summed E-state index contributed by atoms with van der Waals surface area (Å²) in [5, 5.41) is 0. The number of nitrogens with zero attached hydrogens (tertiary/aromatic N) is 3. The average Bonchev–Trinajstić information content (AvgIpc) is 3.52. The summed E-state index contributed by atoms with van der Waals surface area (Å²) in [5.74, 6) is 1.23. The van der Waals surface area contributed by atoms with Gasteiger partial charge in [0.1, 0.15) is 35.7 Å². The van der Waals surface area contributed by atoms with Gasteiger partial charge < -0.3 is 9.47 Å². The summed E-state index contributed by atoms with van der Waals surface area (Å²) >= 11 is 0. The van der Waals surface area contributed by atoms with Crippen LogP contribution in [-0.4, -0.2) is 29.0 Å². The second-order valence-electron chi connectivity index (χ2n) is 8.28. The van der Waals surface area contributed by atoms with Crippen molar-refractivity contribution < 1.29 is 9.47 Å². The highest BCUT2D eigenvalue weighted by atomic mass is 16.5. The van der Waals surface area contributed by atoms with Crippen molar-refractivity contribution >= 4 is 11.8 Å². The maximum Gasteiger partial charge on any atom is 0.236 e. The summed E-state index contributed by atoms with van der Waals surface area (Å²) in [7, 11) is 0.